The molecule has 0 radical (unpaired) electrons. The molecule has 0 rings (SSSR count). The van der Waals surface area contributed by atoms with Gasteiger partial charge in [0.05, 0.1) is 5.71 Å². The molecule has 0 saturated carbocycles. The molecule has 0 atom stereocenters. The van der Waals surface area contributed by atoms with Gasteiger partial charge in [0.1, 0.15) is 6.61 Å². The molecule has 0 aromatic carbocycles. The van der Waals surface area contributed by atoms with Crippen LogP contribution in [0.5, 0.6) is 0 Å². The van der Waals surface area contributed by atoms with E-state index in [1.165, 1.54) is 0 Å². The van der Waals surface area contributed by atoms with Gasteiger partial charge < -0.3 is 10.6 Å². The van der Waals surface area contributed by atoms with Crippen molar-refractivity contribution in [3.05, 3.63) is 0 Å². The fourth-order valence-electron chi connectivity index (χ4n) is 0.227. The van der Waals surface area contributed by atoms with Crippen molar-refractivity contribution in [2.75, 3.05) is 13.2 Å². The Morgan fingerprint density at radius 1 is 1.62 bits per heavy atom. The van der Waals surface area contributed by atoms with Crippen molar-refractivity contribution in [2.45, 2.75) is 13.8 Å². The SMILES string of the molecule is CC(C)=NOCCN. The third-order valence-electron chi connectivity index (χ3n) is 0.456. The van der Waals surface area contributed by atoms with Gasteiger partial charge in [0.15, 0.2) is 0 Å². The lowest BCUT2D eigenvalue weighted by Gasteiger charge is -1.93. The molecule has 0 aromatic rings. The van der Waals surface area contributed by atoms with Gasteiger partial charge in [0.25, 0.3) is 0 Å². The number of hydrogen-bond donors (Lipinski definition) is 1. The van der Waals surface area contributed by atoms with Gasteiger partial charge >= 0.3 is 0 Å². The lowest BCUT2D eigenvalue weighted by atomic mass is 10.5. The van der Waals surface area contributed by atoms with Gasteiger partial charge in [-0.2, -0.15) is 0 Å². The molecule has 0 spiro atoms. The second-order valence-corrected chi connectivity index (χ2v) is 1.66. The van der Waals surface area contributed by atoms with Crippen LogP contribution < -0.4 is 5.73 Å². The van der Waals surface area contributed by atoms with Gasteiger partial charge in [-0.15, -0.1) is 0 Å². The van der Waals surface area contributed by atoms with Crippen LogP contribution in [0.3, 0.4) is 0 Å². The summed E-state index contributed by atoms with van der Waals surface area (Å²) < 4.78 is 0. The molecule has 0 heterocycles. The molecular weight excluding hydrogens is 104 g/mol. The zero-order valence-corrected chi connectivity index (χ0v) is 5.35. The maximum absolute atomic E-state index is 5.12. The number of hydrogen-bond acceptors (Lipinski definition) is 3. The molecule has 0 bridgehead atoms. The van der Waals surface area contributed by atoms with Crippen LogP contribution in [0.1, 0.15) is 13.8 Å². The highest BCUT2D eigenvalue weighted by molar-refractivity contribution is 5.78. The van der Waals surface area contributed by atoms with E-state index in [9.17, 15) is 0 Å². The Bertz CT molecular complexity index is 76.5. The summed E-state index contributed by atoms with van der Waals surface area (Å²) in [5.41, 5.74) is 6.04. The van der Waals surface area contributed by atoms with Crippen molar-refractivity contribution in [1.82, 2.24) is 0 Å². The summed E-state index contributed by atoms with van der Waals surface area (Å²) in [6.45, 7) is 4.77. The van der Waals surface area contributed by atoms with Crippen molar-refractivity contribution in [2.24, 2.45) is 10.9 Å². The molecule has 0 aliphatic heterocycles. The first-order chi connectivity index (χ1) is 3.77. The monoisotopic (exact) mass is 116 g/mol. The van der Waals surface area contributed by atoms with Crippen LogP contribution in [0.15, 0.2) is 5.16 Å². The molecule has 0 aliphatic rings. The highest BCUT2D eigenvalue weighted by Gasteiger charge is 1.77. The van der Waals surface area contributed by atoms with Crippen LogP contribution in [-0.4, -0.2) is 18.9 Å². The zero-order valence-electron chi connectivity index (χ0n) is 5.35. The molecule has 2 N–H and O–H groups in total. The van der Waals surface area contributed by atoms with Gasteiger partial charge in [0.2, 0.25) is 0 Å². The molecule has 3 heteroatoms. The summed E-state index contributed by atoms with van der Waals surface area (Å²) in [5, 5.41) is 3.65. The fourth-order valence-corrected chi connectivity index (χ4v) is 0.227. The van der Waals surface area contributed by atoms with Gasteiger partial charge in [-0.1, -0.05) is 5.16 Å². The van der Waals surface area contributed by atoms with E-state index >= 15 is 0 Å². The van der Waals surface area contributed by atoms with E-state index in [1.807, 2.05) is 13.8 Å². The van der Waals surface area contributed by atoms with Crippen molar-refractivity contribution in [3.63, 3.8) is 0 Å². The van der Waals surface area contributed by atoms with Gasteiger partial charge in [-0.05, 0) is 13.8 Å². The van der Waals surface area contributed by atoms with Crippen molar-refractivity contribution < 1.29 is 4.84 Å². The fraction of sp³-hybridized carbons (Fsp3) is 0.800. The zero-order chi connectivity index (χ0) is 6.41. The molecule has 0 unspecified atom stereocenters. The van der Waals surface area contributed by atoms with Gasteiger partial charge in [-0.3, -0.25) is 0 Å². The molecular formula is C5H12N2O. The quantitative estimate of drug-likeness (QED) is 0.329. The Morgan fingerprint density at radius 2 is 2.25 bits per heavy atom. The number of nitrogens with two attached hydrogens (primary N) is 1. The minimum atomic E-state index is 0.505. The van der Waals surface area contributed by atoms with E-state index in [2.05, 4.69) is 5.16 Å². The van der Waals surface area contributed by atoms with Gasteiger partial charge in [0, 0.05) is 6.54 Å². The first kappa shape index (κ1) is 7.43. The Kier molecular flexibility index (Phi) is 4.26. The largest absolute Gasteiger partial charge is 0.395 e. The number of nitrogens with zero attached hydrogens (tertiary/aromatic N) is 1. The predicted molar refractivity (Wildman–Crippen MR) is 33.8 cm³/mol. The average Bonchev–Trinajstić information content (AvgIpc) is 1.66. The maximum atomic E-state index is 5.12. The molecule has 0 aliphatic carbocycles. The van der Waals surface area contributed by atoms with Crippen LogP contribution >= 0.6 is 0 Å². The summed E-state index contributed by atoms with van der Waals surface area (Å²) in [6.07, 6.45) is 0. The third-order valence-corrected chi connectivity index (χ3v) is 0.456. The van der Waals surface area contributed by atoms with Crippen LogP contribution in [0.25, 0.3) is 0 Å². The smallest absolute Gasteiger partial charge is 0.129 e. The first-order valence-corrected chi connectivity index (χ1v) is 2.60. The van der Waals surface area contributed by atoms with Crippen LogP contribution in [0, 0.1) is 0 Å². The molecule has 0 aromatic heterocycles. The summed E-state index contributed by atoms with van der Waals surface area (Å²) in [4.78, 5) is 4.71. The minimum Gasteiger partial charge on any atom is -0.395 e. The molecule has 0 amide bonds. The Hall–Kier alpha value is -0.570. The topological polar surface area (TPSA) is 47.6 Å². The minimum absolute atomic E-state index is 0.505. The summed E-state index contributed by atoms with van der Waals surface area (Å²) in [7, 11) is 0. The van der Waals surface area contributed by atoms with E-state index in [4.69, 9.17) is 10.6 Å². The standard InChI is InChI=1S/C5H12N2O/c1-5(2)7-8-4-3-6/h3-4,6H2,1-2H3. The highest BCUT2D eigenvalue weighted by Crippen LogP contribution is 1.76. The normalized spacial score (nSPS) is 8.38. The van der Waals surface area contributed by atoms with Crippen molar-refractivity contribution in [3.8, 4) is 0 Å². The molecule has 0 fully saturated rings. The molecule has 3 nitrogen and oxygen atoms in total. The summed E-state index contributed by atoms with van der Waals surface area (Å²) >= 11 is 0. The van der Waals surface area contributed by atoms with E-state index < -0.39 is 0 Å². The van der Waals surface area contributed by atoms with Crippen LogP contribution in [-0.2, 0) is 4.84 Å². The highest BCUT2D eigenvalue weighted by atomic mass is 16.6. The van der Waals surface area contributed by atoms with Crippen LogP contribution in [0.4, 0.5) is 0 Å². The molecule has 0 saturated heterocycles. The third kappa shape index (κ3) is 5.43. The van der Waals surface area contributed by atoms with Crippen LogP contribution in [0.2, 0.25) is 0 Å². The van der Waals surface area contributed by atoms with E-state index in [0.717, 1.165) is 5.71 Å². The van der Waals surface area contributed by atoms with E-state index in [0.29, 0.717) is 13.2 Å². The number of rotatable bonds is 3. The molecule has 8 heavy (non-hydrogen) atoms. The summed E-state index contributed by atoms with van der Waals surface area (Å²) in [5.74, 6) is 0. The van der Waals surface area contributed by atoms with E-state index in [-0.39, 0.29) is 0 Å². The lowest BCUT2D eigenvalue weighted by Crippen LogP contribution is -2.05. The van der Waals surface area contributed by atoms with Gasteiger partial charge in [-0.25, -0.2) is 0 Å². The second-order valence-electron chi connectivity index (χ2n) is 1.66. The van der Waals surface area contributed by atoms with E-state index in [1.54, 1.807) is 0 Å². The summed E-state index contributed by atoms with van der Waals surface area (Å²) in [6, 6.07) is 0. The average molecular weight is 116 g/mol. The first-order valence-electron chi connectivity index (χ1n) is 2.60. The second kappa shape index (κ2) is 4.59. The lowest BCUT2D eigenvalue weighted by molar-refractivity contribution is 0.152. The Labute approximate surface area is 49.5 Å². The number of oxime groups is 1. The van der Waals surface area contributed by atoms with Crippen molar-refractivity contribution in [1.29, 1.82) is 0 Å². The Balaban J connectivity index is 3.03. The molecule has 48 valence electrons. The predicted octanol–water partition coefficient (Wildman–Crippen LogP) is 0.358. The Morgan fingerprint density at radius 3 is 2.62 bits per heavy atom. The van der Waals surface area contributed by atoms with Crippen molar-refractivity contribution >= 4 is 5.71 Å². The maximum Gasteiger partial charge on any atom is 0.129 e.